The first-order chi connectivity index (χ1) is 25.4. The van der Waals surface area contributed by atoms with Crippen molar-refractivity contribution in [3.8, 4) is 0 Å². The SMILES string of the molecule is CCC[C@@H](C)[C@H]1CCC2C3CCC4CC(NCC(=O)OC5CC[C@@]6(C)C(CCC7C6CC[C@@]6(C)C7CC[C@@H]6[C@H](C)CCC)C5)CC[C@]4(C)C3CC[C@@]21C. The highest BCUT2D eigenvalue weighted by molar-refractivity contribution is 5.71. The van der Waals surface area contributed by atoms with Gasteiger partial charge in [-0.25, -0.2) is 0 Å². The number of rotatable bonds is 10. The number of ether oxygens (including phenoxy) is 1. The molecule has 0 aromatic heterocycles. The molecule has 0 aromatic carbocycles. The fourth-order valence-electron chi connectivity index (χ4n) is 18.5. The summed E-state index contributed by atoms with van der Waals surface area (Å²) in [6.07, 6.45) is 30.6. The molecule has 0 radical (unpaired) electrons. The van der Waals surface area contributed by atoms with Crippen molar-refractivity contribution in [2.75, 3.05) is 6.54 Å². The zero-order valence-corrected chi connectivity index (χ0v) is 36.2. The van der Waals surface area contributed by atoms with E-state index in [2.05, 4.69) is 60.7 Å². The maximum atomic E-state index is 13.4. The van der Waals surface area contributed by atoms with Crippen LogP contribution >= 0.6 is 0 Å². The number of hydrogen-bond donors (Lipinski definition) is 1. The van der Waals surface area contributed by atoms with E-state index in [9.17, 15) is 4.79 Å². The molecule has 8 aliphatic carbocycles. The Morgan fingerprint density at radius 2 is 1.06 bits per heavy atom. The lowest BCUT2D eigenvalue weighted by Gasteiger charge is -2.61. The summed E-state index contributed by atoms with van der Waals surface area (Å²) in [6.45, 7) is 21.2. The van der Waals surface area contributed by atoms with Gasteiger partial charge in [-0.3, -0.25) is 4.79 Å². The van der Waals surface area contributed by atoms with Crippen molar-refractivity contribution < 1.29 is 9.53 Å². The Labute approximate surface area is 327 Å². The van der Waals surface area contributed by atoms with Crippen LogP contribution in [0.15, 0.2) is 0 Å². The monoisotopic (exact) mass is 732 g/mol. The summed E-state index contributed by atoms with van der Waals surface area (Å²) in [4.78, 5) is 13.4. The molecule has 0 spiro atoms. The van der Waals surface area contributed by atoms with Crippen LogP contribution in [0.3, 0.4) is 0 Å². The molecule has 10 unspecified atom stereocenters. The van der Waals surface area contributed by atoms with E-state index in [1.165, 1.54) is 128 Å². The molecule has 0 saturated heterocycles. The van der Waals surface area contributed by atoms with Gasteiger partial charge in [-0.1, -0.05) is 81.1 Å². The van der Waals surface area contributed by atoms with E-state index in [0.717, 1.165) is 83.9 Å². The summed E-state index contributed by atoms with van der Waals surface area (Å²) < 4.78 is 6.35. The minimum atomic E-state index is 0.0237. The first kappa shape index (κ1) is 39.3. The van der Waals surface area contributed by atoms with Crippen molar-refractivity contribution in [3.63, 3.8) is 0 Å². The maximum Gasteiger partial charge on any atom is 0.320 e. The van der Waals surface area contributed by atoms with Crippen LogP contribution in [0.1, 0.15) is 197 Å². The third-order valence-electron chi connectivity index (χ3n) is 21.1. The van der Waals surface area contributed by atoms with Crippen molar-refractivity contribution in [2.24, 2.45) is 92.7 Å². The van der Waals surface area contributed by atoms with E-state index >= 15 is 0 Å². The summed E-state index contributed by atoms with van der Waals surface area (Å²) in [5.74, 6) is 10.9. The fraction of sp³-hybridized carbons (Fsp3) is 0.980. The summed E-state index contributed by atoms with van der Waals surface area (Å²) in [6, 6.07) is 0.485. The van der Waals surface area contributed by atoms with Crippen molar-refractivity contribution in [2.45, 2.75) is 209 Å². The molecule has 302 valence electrons. The van der Waals surface area contributed by atoms with Crippen LogP contribution in [0.25, 0.3) is 0 Å². The van der Waals surface area contributed by atoms with Crippen LogP contribution in [0.5, 0.6) is 0 Å². The first-order valence-corrected chi connectivity index (χ1v) is 24.3. The molecule has 3 nitrogen and oxygen atoms in total. The predicted molar refractivity (Wildman–Crippen MR) is 220 cm³/mol. The van der Waals surface area contributed by atoms with Crippen LogP contribution in [0, 0.1) is 92.7 Å². The highest BCUT2D eigenvalue weighted by Crippen LogP contribution is 2.70. The van der Waals surface area contributed by atoms with E-state index in [-0.39, 0.29) is 12.1 Å². The van der Waals surface area contributed by atoms with Gasteiger partial charge in [0.2, 0.25) is 0 Å². The number of esters is 1. The summed E-state index contributed by atoms with van der Waals surface area (Å²) in [7, 11) is 0. The van der Waals surface area contributed by atoms with Gasteiger partial charge in [0, 0.05) is 6.04 Å². The van der Waals surface area contributed by atoms with Crippen LogP contribution in [-0.2, 0) is 9.53 Å². The zero-order valence-electron chi connectivity index (χ0n) is 36.2. The normalized spacial score (nSPS) is 51.5. The van der Waals surface area contributed by atoms with E-state index in [0.29, 0.717) is 34.2 Å². The van der Waals surface area contributed by atoms with Crippen molar-refractivity contribution in [1.29, 1.82) is 0 Å². The van der Waals surface area contributed by atoms with Gasteiger partial charge in [0.15, 0.2) is 0 Å². The average molecular weight is 732 g/mol. The lowest BCUT2D eigenvalue weighted by molar-refractivity contribution is -0.162. The molecule has 8 fully saturated rings. The standard InChI is InChI=1S/C50H85NO2/c1-9-11-32(3)40-17-19-42-38-15-13-34-29-36(21-25-47(34,5)44(38)23-27-49(40,42)7)51-31-46(52)53-37-22-26-48(6)35(30-37)14-16-39-43-20-18-41(33(4)12-10-2)50(43,8)28-24-45(39)48/h32-45,51H,9-31H2,1-8H3/t32-,33-,34?,35?,36?,37?,38?,39?,40-,41-,42?,43?,44?,45?,47+,48+,49-,50-/m1/s1. The number of nitrogens with one attached hydrogen (secondary N) is 1. The average Bonchev–Trinajstić information content (AvgIpc) is 3.68. The highest BCUT2D eigenvalue weighted by atomic mass is 16.5. The molecular weight excluding hydrogens is 647 g/mol. The van der Waals surface area contributed by atoms with E-state index < -0.39 is 0 Å². The molecule has 0 aliphatic heterocycles. The van der Waals surface area contributed by atoms with Crippen LogP contribution in [0.4, 0.5) is 0 Å². The number of hydrogen-bond acceptors (Lipinski definition) is 3. The van der Waals surface area contributed by atoms with Gasteiger partial charge in [-0.05, 0) is 208 Å². The van der Waals surface area contributed by atoms with Gasteiger partial charge in [-0.2, -0.15) is 0 Å². The van der Waals surface area contributed by atoms with Gasteiger partial charge >= 0.3 is 5.97 Å². The van der Waals surface area contributed by atoms with Crippen molar-refractivity contribution in [3.05, 3.63) is 0 Å². The second-order valence-corrected chi connectivity index (χ2v) is 23.0. The Bertz CT molecular complexity index is 1300. The van der Waals surface area contributed by atoms with Gasteiger partial charge in [0.25, 0.3) is 0 Å². The summed E-state index contributed by atoms with van der Waals surface area (Å²) in [5, 5.41) is 3.78. The van der Waals surface area contributed by atoms with Crippen molar-refractivity contribution in [1.82, 2.24) is 5.32 Å². The third-order valence-corrected chi connectivity index (χ3v) is 21.1. The molecule has 0 aromatic rings. The molecule has 0 heterocycles. The third kappa shape index (κ3) is 6.56. The molecule has 0 amide bonds. The Hall–Kier alpha value is -0.570. The summed E-state index contributed by atoms with van der Waals surface area (Å²) in [5.41, 5.74) is 2.14. The minimum Gasteiger partial charge on any atom is -0.461 e. The Morgan fingerprint density at radius 3 is 1.58 bits per heavy atom. The molecule has 0 bridgehead atoms. The second-order valence-electron chi connectivity index (χ2n) is 23.0. The molecule has 1 N–H and O–H groups in total. The lowest BCUT2D eigenvalue weighted by Crippen LogP contribution is -2.55. The van der Waals surface area contributed by atoms with E-state index in [1.54, 1.807) is 0 Å². The quantitative estimate of drug-likeness (QED) is 0.227. The Kier molecular flexibility index (Phi) is 11.1. The maximum absolute atomic E-state index is 13.4. The van der Waals surface area contributed by atoms with Crippen LogP contribution < -0.4 is 5.32 Å². The predicted octanol–water partition coefficient (Wildman–Crippen LogP) is 13.0. The summed E-state index contributed by atoms with van der Waals surface area (Å²) >= 11 is 0. The molecule has 3 heteroatoms. The van der Waals surface area contributed by atoms with Gasteiger partial charge < -0.3 is 10.1 Å². The molecule has 8 aliphatic rings. The molecule has 8 saturated carbocycles. The fourth-order valence-corrected chi connectivity index (χ4v) is 18.5. The largest absolute Gasteiger partial charge is 0.461 e. The van der Waals surface area contributed by atoms with E-state index in [1.807, 2.05) is 0 Å². The molecular formula is C50H85NO2. The number of carbonyl (C=O) groups is 1. The van der Waals surface area contributed by atoms with Gasteiger partial charge in [0.1, 0.15) is 6.10 Å². The Morgan fingerprint density at radius 1 is 0.585 bits per heavy atom. The minimum absolute atomic E-state index is 0.0237. The van der Waals surface area contributed by atoms with Crippen LogP contribution in [0.2, 0.25) is 0 Å². The van der Waals surface area contributed by atoms with Gasteiger partial charge in [-0.15, -0.1) is 0 Å². The highest BCUT2D eigenvalue weighted by Gasteiger charge is 2.62. The molecule has 8 rings (SSSR count). The lowest BCUT2D eigenvalue weighted by atomic mass is 9.44. The van der Waals surface area contributed by atoms with E-state index in [4.69, 9.17) is 4.74 Å². The number of fused-ring (bicyclic) bond motifs is 10. The van der Waals surface area contributed by atoms with Crippen LogP contribution in [-0.4, -0.2) is 24.7 Å². The Balaban J connectivity index is 0.809. The second kappa shape index (κ2) is 15.0. The number of carbonyl (C=O) groups excluding carboxylic acids is 1. The first-order valence-electron chi connectivity index (χ1n) is 24.3. The zero-order chi connectivity index (χ0) is 37.3. The smallest absolute Gasteiger partial charge is 0.320 e. The van der Waals surface area contributed by atoms with Crippen molar-refractivity contribution >= 4 is 5.97 Å². The molecule has 53 heavy (non-hydrogen) atoms. The molecule has 18 atom stereocenters. The topological polar surface area (TPSA) is 38.3 Å². The van der Waals surface area contributed by atoms with Gasteiger partial charge in [0.05, 0.1) is 6.54 Å².